The molecule has 1 amide bonds. The smallest absolute Gasteiger partial charge is 0.270 e. The molecule has 0 unspecified atom stereocenters. The van der Waals surface area contributed by atoms with Crippen LogP contribution in [0.3, 0.4) is 0 Å². The highest BCUT2D eigenvalue weighted by Crippen LogP contribution is 2.08. The van der Waals surface area contributed by atoms with Gasteiger partial charge in [-0.1, -0.05) is 37.3 Å². The lowest BCUT2D eigenvalue weighted by atomic mass is 10.2. The van der Waals surface area contributed by atoms with E-state index in [1.54, 1.807) is 12.3 Å². The summed E-state index contributed by atoms with van der Waals surface area (Å²) in [5.41, 5.74) is 2.43. The molecule has 20 heavy (non-hydrogen) atoms. The van der Waals surface area contributed by atoms with E-state index >= 15 is 0 Å². The lowest BCUT2D eigenvalue weighted by Gasteiger charge is -2.07. The van der Waals surface area contributed by atoms with E-state index in [0.717, 1.165) is 24.2 Å². The molecule has 0 aliphatic heterocycles. The summed E-state index contributed by atoms with van der Waals surface area (Å²) < 4.78 is 0. The number of nitrogens with one attached hydrogen (secondary N) is 2. The van der Waals surface area contributed by atoms with Crippen molar-refractivity contribution in [1.29, 1.82) is 0 Å². The molecule has 1 aromatic carbocycles. The second kappa shape index (κ2) is 7.28. The van der Waals surface area contributed by atoms with E-state index in [9.17, 15) is 4.79 Å². The average Bonchev–Trinajstić information content (AvgIpc) is 2.52. The molecule has 0 spiro atoms. The molecule has 4 nitrogen and oxygen atoms in total. The largest absolute Gasteiger partial charge is 0.385 e. The van der Waals surface area contributed by atoms with Gasteiger partial charge in [0.15, 0.2) is 0 Å². The van der Waals surface area contributed by atoms with Gasteiger partial charge < -0.3 is 10.6 Å². The first-order valence-electron chi connectivity index (χ1n) is 6.81. The topological polar surface area (TPSA) is 54.0 Å². The zero-order chi connectivity index (χ0) is 14.2. The number of amides is 1. The average molecular weight is 269 g/mol. The molecular weight excluding hydrogens is 250 g/mol. The second-order valence-electron chi connectivity index (χ2n) is 4.52. The molecule has 0 aliphatic carbocycles. The molecule has 2 N–H and O–H groups in total. The highest BCUT2D eigenvalue weighted by Gasteiger charge is 2.07. The van der Waals surface area contributed by atoms with Gasteiger partial charge in [0.25, 0.3) is 5.91 Å². The molecule has 104 valence electrons. The lowest BCUT2D eigenvalue weighted by molar-refractivity contribution is 0.0946. The van der Waals surface area contributed by atoms with Crippen LogP contribution in [0.4, 0.5) is 5.69 Å². The van der Waals surface area contributed by atoms with Crippen molar-refractivity contribution in [2.45, 2.75) is 19.9 Å². The van der Waals surface area contributed by atoms with E-state index in [0.29, 0.717) is 12.2 Å². The van der Waals surface area contributed by atoms with Crippen molar-refractivity contribution in [3.63, 3.8) is 0 Å². The van der Waals surface area contributed by atoms with Crippen LogP contribution in [0, 0.1) is 0 Å². The van der Waals surface area contributed by atoms with E-state index in [2.05, 4.69) is 22.5 Å². The van der Waals surface area contributed by atoms with Crippen LogP contribution in [0.2, 0.25) is 0 Å². The van der Waals surface area contributed by atoms with Crippen molar-refractivity contribution in [3.8, 4) is 0 Å². The molecule has 1 heterocycles. The van der Waals surface area contributed by atoms with Crippen LogP contribution < -0.4 is 10.6 Å². The number of hydrogen-bond acceptors (Lipinski definition) is 3. The Morgan fingerprint density at radius 3 is 2.75 bits per heavy atom. The molecule has 0 bridgehead atoms. The Hall–Kier alpha value is -2.36. The fraction of sp³-hybridized carbons (Fsp3) is 0.250. The summed E-state index contributed by atoms with van der Waals surface area (Å²) in [5, 5.41) is 6.11. The Kier molecular flexibility index (Phi) is 5.12. The van der Waals surface area contributed by atoms with Gasteiger partial charge in [-0.3, -0.25) is 9.78 Å². The predicted molar refractivity (Wildman–Crippen MR) is 80.6 cm³/mol. The van der Waals surface area contributed by atoms with E-state index in [4.69, 9.17) is 0 Å². The standard InChI is InChI=1S/C16H19N3O/c1-2-9-17-14-8-10-18-15(11-14)16(20)19-12-13-6-4-3-5-7-13/h3-8,10-11H,2,9,12H2,1H3,(H,17,18)(H,19,20). The van der Waals surface area contributed by atoms with Gasteiger partial charge >= 0.3 is 0 Å². The van der Waals surface area contributed by atoms with E-state index in [1.807, 2.05) is 36.4 Å². The number of aromatic nitrogens is 1. The first-order valence-corrected chi connectivity index (χ1v) is 6.81. The Morgan fingerprint density at radius 1 is 1.20 bits per heavy atom. The first-order chi connectivity index (χ1) is 9.79. The third kappa shape index (κ3) is 4.09. The third-order valence-corrected chi connectivity index (χ3v) is 2.87. The van der Waals surface area contributed by atoms with Crippen molar-refractivity contribution >= 4 is 11.6 Å². The van der Waals surface area contributed by atoms with Crippen LogP contribution in [0.15, 0.2) is 48.7 Å². The highest BCUT2D eigenvalue weighted by atomic mass is 16.1. The fourth-order valence-electron chi connectivity index (χ4n) is 1.80. The van der Waals surface area contributed by atoms with Gasteiger partial charge in [0.05, 0.1) is 0 Å². The van der Waals surface area contributed by atoms with Gasteiger partial charge in [0.2, 0.25) is 0 Å². The molecule has 2 rings (SSSR count). The second-order valence-corrected chi connectivity index (χ2v) is 4.52. The summed E-state index contributed by atoms with van der Waals surface area (Å²) in [5.74, 6) is -0.158. The zero-order valence-corrected chi connectivity index (χ0v) is 11.6. The van der Waals surface area contributed by atoms with Crippen molar-refractivity contribution in [2.24, 2.45) is 0 Å². The zero-order valence-electron chi connectivity index (χ0n) is 11.6. The van der Waals surface area contributed by atoms with Gasteiger partial charge in [0.1, 0.15) is 5.69 Å². The number of benzene rings is 1. The van der Waals surface area contributed by atoms with E-state index < -0.39 is 0 Å². The monoisotopic (exact) mass is 269 g/mol. The van der Waals surface area contributed by atoms with Crippen molar-refractivity contribution in [1.82, 2.24) is 10.3 Å². The SMILES string of the molecule is CCCNc1ccnc(C(=O)NCc2ccccc2)c1. The van der Waals surface area contributed by atoms with Crippen LogP contribution in [0.5, 0.6) is 0 Å². The Morgan fingerprint density at radius 2 is 2.00 bits per heavy atom. The Bertz CT molecular complexity index is 555. The maximum Gasteiger partial charge on any atom is 0.270 e. The molecule has 4 heteroatoms. The van der Waals surface area contributed by atoms with Gasteiger partial charge in [-0.25, -0.2) is 0 Å². The molecule has 0 saturated carbocycles. The summed E-state index contributed by atoms with van der Waals surface area (Å²) in [6.45, 7) is 3.49. The van der Waals surface area contributed by atoms with E-state index in [-0.39, 0.29) is 5.91 Å². The molecular formula is C16H19N3O. The fourth-order valence-corrected chi connectivity index (χ4v) is 1.80. The maximum atomic E-state index is 12.0. The Labute approximate surface area is 119 Å². The van der Waals surface area contributed by atoms with Crippen molar-refractivity contribution in [2.75, 3.05) is 11.9 Å². The highest BCUT2D eigenvalue weighted by molar-refractivity contribution is 5.93. The molecule has 2 aromatic rings. The maximum absolute atomic E-state index is 12.0. The number of nitrogens with zero attached hydrogens (tertiary/aromatic N) is 1. The minimum Gasteiger partial charge on any atom is -0.385 e. The Balaban J connectivity index is 1.95. The summed E-state index contributed by atoms with van der Waals surface area (Å²) in [6.07, 6.45) is 2.69. The van der Waals surface area contributed by atoms with Gasteiger partial charge in [0, 0.05) is 25.0 Å². The lowest BCUT2D eigenvalue weighted by Crippen LogP contribution is -2.23. The molecule has 0 atom stereocenters. The van der Waals surface area contributed by atoms with Crippen LogP contribution in [0.1, 0.15) is 29.4 Å². The molecule has 0 aliphatic rings. The molecule has 0 fully saturated rings. The number of carbonyl (C=O) groups excluding carboxylic acids is 1. The molecule has 0 saturated heterocycles. The minimum absolute atomic E-state index is 0.158. The number of pyridine rings is 1. The van der Waals surface area contributed by atoms with Gasteiger partial charge in [-0.15, -0.1) is 0 Å². The summed E-state index contributed by atoms with van der Waals surface area (Å²) >= 11 is 0. The van der Waals surface area contributed by atoms with Gasteiger partial charge in [-0.05, 0) is 24.1 Å². The van der Waals surface area contributed by atoms with Gasteiger partial charge in [-0.2, -0.15) is 0 Å². The summed E-state index contributed by atoms with van der Waals surface area (Å²) in [4.78, 5) is 16.2. The number of anilines is 1. The summed E-state index contributed by atoms with van der Waals surface area (Å²) in [7, 11) is 0. The van der Waals surface area contributed by atoms with Crippen molar-refractivity contribution in [3.05, 3.63) is 59.9 Å². The van der Waals surface area contributed by atoms with Crippen LogP contribution in [0.25, 0.3) is 0 Å². The van der Waals surface area contributed by atoms with Crippen molar-refractivity contribution < 1.29 is 4.79 Å². The minimum atomic E-state index is -0.158. The quantitative estimate of drug-likeness (QED) is 0.848. The van der Waals surface area contributed by atoms with Crippen LogP contribution in [-0.4, -0.2) is 17.4 Å². The van der Waals surface area contributed by atoms with Crippen LogP contribution in [-0.2, 0) is 6.54 Å². The summed E-state index contributed by atoms with van der Waals surface area (Å²) in [6, 6.07) is 13.5. The molecule has 1 aromatic heterocycles. The normalized spacial score (nSPS) is 10.1. The van der Waals surface area contributed by atoms with E-state index in [1.165, 1.54) is 0 Å². The third-order valence-electron chi connectivity index (χ3n) is 2.87. The number of carbonyl (C=O) groups is 1. The molecule has 0 radical (unpaired) electrons. The number of rotatable bonds is 6. The van der Waals surface area contributed by atoms with Crippen LogP contribution >= 0.6 is 0 Å². The number of hydrogen-bond donors (Lipinski definition) is 2. The first kappa shape index (κ1) is 14.1. The predicted octanol–water partition coefficient (Wildman–Crippen LogP) is 2.83.